The Bertz CT molecular complexity index is 507. The maximum atomic E-state index is 10.9. The number of hydrogen-bond donors (Lipinski definition) is 2. The number of carboxylic acids is 1. The highest BCUT2D eigenvalue weighted by atomic mass is 32.1. The standard InChI is InChI=1S/C12H15N3O2S/c1-15-5-4-13-11(15)8-14-9(7-12(16)17)10-3-2-6-18-10/h2-6,9,14H,7-8H2,1H3,(H,16,17). The van der Waals surface area contributed by atoms with Crippen molar-refractivity contribution in [1.29, 1.82) is 0 Å². The summed E-state index contributed by atoms with van der Waals surface area (Å²) in [7, 11) is 1.92. The Hall–Kier alpha value is -1.66. The lowest BCUT2D eigenvalue weighted by Gasteiger charge is -2.15. The molecule has 1 unspecified atom stereocenters. The predicted molar refractivity (Wildman–Crippen MR) is 69.4 cm³/mol. The van der Waals surface area contributed by atoms with Gasteiger partial charge in [-0.3, -0.25) is 4.79 Å². The van der Waals surface area contributed by atoms with Crippen LogP contribution in [0.15, 0.2) is 29.9 Å². The zero-order chi connectivity index (χ0) is 13.0. The van der Waals surface area contributed by atoms with Gasteiger partial charge < -0.3 is 15.0 Å². The van der Waals surface area contributed by atoms with Gasteiger partial charge in [0.25, 0.3) is 0 Å². The third kappa shape index (κ3) is 3.18. The average molecular weight is 265 g/mol. The number of nitrogens with zero attached hydrogens (tertiary/aromatic N) is 2. The van der Waals surface area contributed by atoms with Gasteiger partial charge in [0.1, 0.15) is 5.82 Å². The second-order valence-corrected chi connectivity index (χ2v) is 4.98. The Morgan fingerprint density at radius 1 is 1.67 bits per heavy atom. The molecule has 0 aliphatic rings. The summed E-state index contributed by atoms with van der Waals surface area (Å²) in [6, 6.07) is 3.71. The molecule has 0 saturated heterocycles. The first kappa shape index (κ1) is 12.8. The monoisotopic (exact) mass is 265 g/mol. The van der Waals surface area contributed by atoms with Gasteiger partial charge >= 0.3 is 5.97 Å². The first-order valence-electron chi connectivity index (χ1n) is 5.61. The molecule has 0 bridgehead atoms. The molecule has 2 aromatic rings. The number of carbonyl (C=O) groups is 1. The topological polar surface area (TPSA) is 67.2 Å². The highest BCUT2D eigenvalue weighted by molar-refractivity contribution is 7.10. The Kier molecular flexibility index (Phi) is 4.11. The highest BCUT2D eigenvalue weighted by Gasteiger charge is 2.16. The largest absolute Gasteiger partial charge is 0.481 e. The Labute approximate surface area is 109 Å². The molecular weight excluding hydrogens is 250 g/mol. The van der Waals surface area contributed by atoms with Crippen LogP contribution in [0.4, 0.5) is 0 Å². The lowest BCUT2D eigenvalue weighted by Crippen LogP contribution is -2.24. The number of nitrogens with one attached hydrogen (secondary N) is 1. The van der Waals surface area contributed by atoms with Crippen molar-refractivity contribution in [3.05, 3.63) is 40.6 Å². The number of aryl methyl sites for hydroxylation is 1. The molecule has 6 heteroatoms. The minimum absolute atomic E-state index is 0.0743. The van der Waals surface area contributed by atoms with Gasteiger partial charge in [0.2, 0.25) is 0 Å². The molecule has 0 radical (unpaired) electrons. The summed E-state index contributed by atoms with van der Waals surface area (Å²) in [6.45, 7) is 0.555. The fraction of sp³-hybridized carbons (Fsp3) is 0.333. The fourth-order valence-electron chi connectivity index (χ4n) is 1.72. The molecule has 0 aliphatic carbocycles. The molecule has 0 saturated carbocycles. The van der Waals surface area contributed by atoms with Crippen LogP contribution in [0.5, 0.6) is 0 Å². The zero-order valence-electron chi connectivity index (χ0n) is 10.0. The van der Waals surface area contributed by atoms with Crippen LogP contribution < -0.4 is 5.32 Å². The molecule has 0 aliphatic heterocycles. The Balaban J connectivity index is 2.02. The van der Waals surface area contributed by atoms with Crippen LogP contribution in [-0.4, -0.2) is 20.6 Å². The van der Waals surface area contributed by atoms with Crippen molar-refractivity contribution < 1.29 is 9.90 Å². The van der Waals surface area contributed by atoms with Crippen LogP contribution >= 0.6 is 11.3 Å². The van der Waals surface area contributed by atoms with Gasteiger partial charge in [0, 0.05) is 24.3 Å². The molecule has 1 atom stereocenters. The van der Waals surface area contributed by atoms with Gasteiger partial charge in [-0.2, -0.15) is 0 Å². The summed E-state index contributed by atoms with van der Waals surface area (Å²) in [6.07, 6.45) is 3.67. The third-order valence-corrected chi connectivity index (χ3v) is 3.68. The molecule has 0 amide bonds. The van der Waals surface area contributed by atoms with E-state index >= 15 is 0 Å². The van der Waals surface area contributed by atoms with Crippen LogP contribution in [-0.2, 0) is 18.4 Å². The second-order valence-electron chi connectivity index (χ2n) is 4.00. The SMILES string of the molecule is Cn1ccnc1CNC(CC(=O)O)c1cccs1. The highest BCUT2D eigenvalue weighted by Crippen LogP contribution is 2.22. The van der Waals surface area contributed by atoms with E-state index in [1.54, 1.807) is 17.5 Å². The third-order valence-electron chi connectivity index (χ3n) is 2.69. The van der Waals surface area contributed by atoms with Crippen LogP contribution in [0.2, 0.25) is 0 Å². The minimum atomic E-state index is -0.805. The van der Waals surface area contributed by atoms with E-state index in [1.807, 2.05) is 35.3 Å². The fourth-order valence-corrected chi connectivity index (χ4v) is 2.52. The maximum absolute atomic E-state index is 10.9. The van der Waals surface area contributed by atoms with Crippen molar-refractivity contribution >= 4 is 17.3 Å². The van der Waals surface area contributed by atoms with Gasteiger partial charge in [0.15, 0.2) is 0 Å². The number of aliphatic carboxylic acids is 1. The van der Waals surface area contributed by atoms with Gasteiger partial charge in [-0.05, 0) is 11.4 Å². The van der Waals surface area contributed by atoms with E-state index in [4.69, 9.17) is 5.11 Å². The average Bonchev–Trinajstić information content (AvgIpc) is 2.95. The van der Waals surface area contributed by atoms with Crippen molar-refractivity contribution in [3.8, 4) is 0 Å². The molecular formula is C12H15N3O2S. The van der Waals surface area contributed by atoms with E-state index in [0.717, 1.165) is 10.7 Å². The van der Waals surface area contributed by atoms with Gasteiger partial charge in [0.05, 0.1) is 19.0 Å². The van der Waals surface area contributed by atoms with Crippen molar-refractivity contribution in [2.24, 2.45) is 7.05 Å². The molecule has 0 aromatic carbocycles. The molecule has 18 heavy (non-hydrogen) atoms. The summed E-state index contributed by atoms with van der Waals surface area (Å²) >= 11 is 1.56. The number of hydrogen-bond acceptors (Lipinski definition) is 4. The van der Waals surface area contributed by atoms with Crippen LogP contribution in [0.1, 0.15) is 23.2 Å². The summed E-state index contributed by atoms with van der Waals surface area (Å²) in [4.78, 5) is 16.1. The molecule has 0 fully saturated rings. The van der Waals surface area contributed by atoms with E-state index in [-0.39, 0.29) is 12.5 Å². The first-order chi connectivity index (χ1) is 8.66. The quantitative estimate of drug-likeness (QED) is 0.835. The molecule has 96 valence electrons. The van der Waals surface area contributed by atoms with Crippen LogP contribution in [0.3, 0.4) is 0 Å². The van der Waals surface area contributed by atoms with Crippen LogP contribution in [0.25, 0.3) is 0 Å². The molecule has 2 rings (SSSR count). The smallest absolute Gasteiger partial charge is 0.305 e. The molecule has 5 nitrogen and oxygen atoms in total. The van der Waals surface area contributed by atoms with E-state index < -0.39 is 5.97 Å². The summed E-state index contributed by atoms with van der Waals surface area (Å²) in [5.74, 6) is 0.0858. The number of imidazole rings is 1. The van der Waals surface area contributed by atoms with E-state index in [0.29, 0.717) is 6.54 Å². The van der Waals surface area contributed by atoms with Gasteiger partial charge in [-0.1, -0.05) is 6.07 Å². The Morgan fingerprint density at radius 2 is 2.50 bits per heavy atom. The number of carboxylic acid groups (broad SMARTS) is 1. The van der Waals surface area contributed by atoms with Gasteiger partial charge in [-0.15, -0.1) is 11.3 Å². The summed E-state index contributed by atoms with van der Waals surface area (Å²) in [5.41, 5.74) is 0. The molecule has 2 N–H and O–H groups in total. The maximum Gasteiger partial charge on any atom is 0.305 e. The van der Waals surface area contributed by atoms with E-state index in [1.165, 1.54) is 0 Å². The first-order valence-corrected chi connectivity index (χ1v) is 6.49. The zero-order valence-corrected chi connectivity index (χ0v) is 10.9. The molecule has 0 spiro atoms. The van der Waals surface area contributed by atoms with E-state index in [9.17, 15) is 4.79 Å². The lowest BCUT2D eigenvalue weighted by atomic mass is 10.1. The van der Waals surface area contributed by atoms with Crippen molar-refractivity contribution in [3.63, 3.8) is 0 Å². The summed E-state index contributed by atoms with van der Waals surface area (Å²) in [5, 5.41) is 14.1. The van der Waals surface area contributed by atoms with Crippen molar-refractivity contribution in [2.75, 3.05) is 0 Å². The summed E-state index contributed by atoms with van der Waals surface area (Å²) < 4.78 is 1.92. The number of aromatic nitrogens is 2. The normalized spacial score (nSPS) is 12.5. The molecule has 2 aromatic heterocycles. The predicted octanol–water partition coefficient (Wildman–Crippen LogP) is 1.79. The van der Waals surface area contributed by atoms with Crippen LogP contribution in [0, 0.1) is 0 Å². The van der Waals surface area contributed by atoms with Gasteiger partial charge in [-0.25, -0.2) is 4.98 Å². The minimum Gasteiger partial charge on any atom is -0.481 e. The lowest BCUT2D eigenvalue weighted by molar-refractivity contribution is -0.137. The van der Waals surface area contributed by atoms with Crippen molar-refractivity contribution in [2.45, 2.75) is 19.0 Å². The molecule has 2 heterocycles. The number of thiophene rings is 1. The van der Waals surface area contributed by atoms with E-state index in [2.05, 4.69) is 10.3 Å². The van der Waals surface area contributed by atoms with Crippen molar-refractivity contribution in [1.82, 2.24) is 14.9 Å². The Morgan fingerprint density at radius 3 is 3.06 bits per heavy atom. The second kappa shape index (κ2) is 5.79. The number of rotatable bonds is 6.